The molecule has 118 valence electrons. The van der Waals surface area contributed by atoms with E-state index in [0.29, 0.717) is 18.0 Å². The van der Waals surface area contributed by atoms with Crippen LogP contribution >= 0.6 is 0 Å². The SMILES string of the molecule is CCC(NCc1coc(-c2cccc(F)c2)n1)c1ccccc1. The van der Waals surface area contributed by atoms with Crippen molar-refractivity contribution >= 4 is 0 Å². The number of aromatic nitrogens is 1. The van der Waals surface area contributed by atoms with Crippen LogP contribution in [0.5, 0.6) is 0 Å². The van der Waals surface area contributed by atoms with E-state index in [0.717, 1.165) is 12.1 Å². The molecule has 1 aromatic heterocycles. The minimum atomic E-state index is -0.296. The molecule has 0 bridgehead atoms. The van der Waals surface area contributed by atoms with Gasteiger partial charge in [0.15, 0.2) is 0 Å². The van der Waals surface area contributed by atoms with Crippen LogP contribution in [0.2, 0.25) is 0 Å². The number of halogens is 1. The molecule has 3 aromatic rings. The number of hydrogen-bond acceptors (Lipinski definition) is 3. The molecule has 4 heteroatoms. The highest BCUT2D eigenvalue weighted by molar-refractivity contribution is 5.52. The average molecular weight is 310 g/mol. The topological polar surface area (TPSA) is 38.1 Å². The third-order valence-corrected chi connectivity index (χ3v) is 3.76. The van der Waals surface area contributed by atoms with Gasteiger partial charge in [-0.3, -0.25) is 0 Å². The van der Waals surface area contributed by atoms with Gasteiger partial charge in [0.05, 0.1) is 5.69 Å². The van der Waals surface area contributed by atoms with Crippen LogP contribution in [0.15, 0.2) is 65.3 Å². The van der Waals surface area contributed by atoms with Gasteiger partial charge in [0.2, 0.25) is 5.89 Å². The van der Waals surface area contributed by atoms with Gasteiger partial charge in [-0.15, -0.1) is 0 Å². The molecule has 0 fully saturated rings. The summed E-state index contributed by atoms with van der Waals surface area (Å²) < 4.78 is 18.7. The number of nitrogens with one attached hydrogen (secondary N) is 1. The Balaban J connectivity index is 1.67. The smallest absolute Gasteiger partial charge is 0.226 e. The Hall–Kier alpha value is -2.46. The second-order valence-corrected chi connectivity index (χ2v) is 5.41. The van der Waals surface area contributed by atoms with Gasteiger partial charge >= 0.3 is 0 Å². The third kappa shape index (κ3) is 3.85. The van der Waals surface area contributed by atoms with E-state index in [4.69, 9.17) is 4.42 Å². The molecule has 0 spiro atoms. The molecule has 1 unspecified atom stereocenters. The summed E-state index contributed by atoms with van der Waals surface area (Å²) in [5.41, 5.74) is 2.70. The number of oxazole rings is 1. The lowest BCUT2D eigenvalue weighted by Gasteiger charge is -2.16. The average Bonchev–Trinajstić information content (AvgIpc) is 3.05. The van der Waals surface area contributed by atoms with Crippen LogP contribution in [0, 0.1) is 5.82 Å². The van der Waals surface area contributed by atoms with Crippen molar-refractivity contribution < 1.29 is 8.81 Å². The van der Waals surface area contributed by atoms with E-state index in [1.807, 2.05) is 18.2 Å². The minimum Gasteiger partial charge on any atom is -0.444 e. The zero-order valence-corrected chi connectivity index (χ0v) is 13.0. The number of hydrogen-bond donors (Lipinski definition) is 1. The molecule has 1 heterocycles. The van der Waals surface area contributed by atoms with Crippen molar-refractivity contribution in [1.29, 1.82) is 0 Å². The van der Waals surface area contributed by atoms with Gasteiger partial charge in [-0.05, 0) is 30.2 Å². The van der Waals surface area contributed by atoms with Crippen LogP contribution in [-0.4, -0.2) is 4.98 Å². The molecular formula is C19H19FN2O. The lowest BCUT2D eigenvalue weighted by atomic mass is 10.0. The summed E-state index contributed by atoms with van der Waals surface area (Å²) in [5.74, 6) is 0.143. The molecule has 0 aliphatic heterocycles. The number of benzene rings is 2. The summed E-state index contributed by atoms with van der Waals surface area (Å²) in [5, 5.41) is 3.48. The standard InChI is InChI=1S/C19H19FN2O/c1-2-18(14-7-4-3-5-8-14)21-12-17-13-23-19(22-17)15-9-6-10-16(20)11-15/h3-11,13,18,21H,2,12H2,1H3. The lowest BCUT2D eigenvalue weighted by molar-refractivity contribution is 0.511. The van der Waals surface area contributed by atoms with Crippen molar-refractivity contribution in [3.63, 3.8) is 0 Å². The fourth-order valence-electron chi connectivity index (χ4n) is 2.55. The first-order chi connectivity index (χ1) is 11.3. The second-order valence-electron chi connectivity index (χ2n) is 5.41. The molecule has 0 amide bonds. The Kier molecular flexibility index (Phi) is 4.83. The van der Waals surface area contributed by atoms with Crippen LogP contribution in [-0.2, 0) is 6.54 Å². The largest absolute Gasteiger partial charge is 0.444 e. The first-order valence-electron chi connectivity index (χ1n) is 7.75. The molecule has 23 heavy (non-hydrogen) atoms. The van der Waals surface area contributed by atoms with Gasteiger partial charge in [-0.25, -0.2) is 9.37 Å². The highest BCUT2D eigenvalue weighted by Crippen LogP contribution is 2.20. The predicted octanol–water partition coefficient (Wildman–Crippen LogP) is 4.72. The van der Waals surface area contributed by atoms with Gasteiger partial charge in [-0.2, -0.15) is 0 Å². The predicted molar refractivity (Wildman–Crippen MR) is 88.2 cm³/mol. The zero-order chi connectivity index (χ0) is 16.1. The highest BCUT2D eigenvalue weighted by Gasteiger charge is 2.11. The fraction of sp³-hybridized carbons (Fsp3) is 0.211. The number of rotatable bonds is 6. The Morgan fingerprint density at radius 1 is 1.13 bits per heavy atom. The molecule has 1 N–H and O–H groups in total. The van der Waals surface area contributed by atoms with Crippen LogP contribution in [0.4, 0.5) is 4.39 Å². The van der Waals surface area contributed by atoms with Crippen LogP contribution < -0.4 is 5.32 Å². The molecule has 0 aliphatic rings. The summed E-state index contributed by atoms with van der Waals surface area (Å²) in [6, 6.07) is 16.8. The minimum absolute atomic E-state index is 0.269. The van der Waals surface area contributed by atoms with E-state index in [2.05, 4.69) is 29.4 Å². The van der Waals surface area contributed by atoms with Gasteiger partial charge in [-0.1, -0.05) is 43.3 Å². The Labute approximate surface area is 135 Å². The summed E-state index contributed by atoms with van der Waals surface area (Å²) in [4.78, 5) is 4.43. The van der Waals surface area contributed by atoms with Gasteiger partial charge in [0.1, 0.15) is 12.1 Å². The normalized spacial score (nSPS) is 12.3. The summed E-state index contributed by atoms with van der Waals surface area (Å²) in [6.45, 7) is 2.75. The molecule has 0 radical (unpaired) electrons. The zero-order valence-electron chi connectivity index (χ0n) is 13.0. The summed E-state index contributed by atoms with van der Waals surface area (Å²) >= 11 is 0. The van der Waals surface area contributed by atoms with Crippen molar-refractivity contribution in [2.75, 3.05) is 0 Å². The van der Waals surface area contributed by atoms with E-state index in [1.54, 1.807) is 18.4 Å². The Morgan fingerprint density at radius 3 is 2.70 bits per heavy atom. The number of nitrogens with zero attached hydrogens (tertiary/aromatic N) is 1. The molecular weight excluding hydrogens is 291 g/mol. The molecule has 0 aliphatic carbocycles. The molecule has 0 saturated heterocycles. The van der Waals surface area contributed by atoms with Crippen molar-refractivity contribution in [3.8, 4) is 11.5 Å². The third-order valence-electron chi connectivity index (χ3n) is 3.76. The van der Waals surface area contributed by atoms with Crippen LogP contribution in [0.1, 0.15) is 30.6 Å². The van der Waals surface area contributed by atoms with Gasteiger partial charge < -0.3 is 9.73 Å². The van der Waals surface area contributed by atoms with E-state index in [-0.39, 0.29) is 11.9 Å². The first kappa shape index (κ1) is 15.4. The van der Waals surface area contributed by atoms with Gasteiger partial charge in [0, 0.05) is 18.2 Å². The maximum absolute atomic E-state index is 13.3. The first-order valence-corrected chi connectivity index (χ1v) is 7.75. The van der Waals surface area contributed by atoms with Crippen molar-refractivity contribution in [2.45, 2.75) is 25.9 Å². The maximum atomic E-state index is 13.3. The second kappa shape index (κ2) is 7.20. The maximum Gasteiger partial charge on any atom is 0.226 e. The molecule has 0 saturated carbocycles. The van der Waals surface area contributed by atoms with Crippen LogP contribution in [0.25, 0.3) is 11.5 Å². The van der Waals surface area contributed by atoms with E-state index in [9.17, 15) is 4.39 Å². The van der Waals surface area contributed by atoms with Gasteiger partial charge in [0.25, 0.3) is 0 Å². The molecule has 3 nitrogen and oxygen atoms in total. The van der Waals surface area contributed by atoms with E-state index >= 15 is 0 Å². The highest BCUT2D eigenvalue weighted by atomic mass is 19.1. The van der Waals surface area contributed by atoms with Crippen molar-refractivity contribution in [1.82, 2.24) is 10.3 Å². The van der Waals surface area contributed by atoms with E-state index < -0.39 is 0 Å². The molecule has 2 aromatic carbocycles. The molecule has 3 rings (SSSR count). The van der Waals surface area contributed by atoms with Crippen molar-refractivity contribution in [2.24, 2.45) is 0 Å². The molecule has 1 atom stereocenters. The Bertz CT molecular complexity index is 755. The van der Waals surface area contributed by atoms with Crippen molar-refractivity contribution in [3.05, 3.63) is 77.9 Å². The Morgan fingerprint density at radius 2 is 1.96 bits per heavy atom. The fourth-order valence-corrected chi connectivity index (χ4v) is 2.55. The summed E-state index contributed by atoms with van der Waals surface area (Å²) in [7, 11) is 0. The lowest BCUT2D eigenvalue weighted by Crippen LogP contribution is -2.20. The summed E-state index contributed by atoms with van der Waals surface area (Å²) in [6.07, 6.45) is 2.60. The monoisotopic (exact) mass is 310 g/mol. The van der Waals surface area contributed by atoms with Crippen LogP contribution in [0.3, 0.4) is 0 Å². The van der Waals surface area contributed by atoms with E-state index in [1.165, 1.54) is 17.7 Å². The quantitative estimate of drug-likeness (QED) is 0.716.